The maximum Gasteiger partial charge on any atom is 0.309 e. The predicted molar refractivity (Wildman–Crippen MR) is 156 cm³/mol. The minimum absolute atomic E-state index is 0.0521. The zero-order chi connectivity index (χ0) is 28.0. The van der Waals surface area contributed by atoms with E-state index in [1.807, 2.05) is 73.9 Å². The minimum Gasteiger partial charge on any atom is -0.458 e. The van der Waals surface area contributed by atoms with Crippen molar-refractivity contribution >= 4 is 28.2 Å². The van der Waals surface area contributed by atoms with Gasteiger partial charge < -0.3 is 10.1 Å². The number of fused-ring (bicyclic) bond motifs is 2. The Balaban J connectivity index is 0.973. The highest BCUT2D eigenvalue weighted by atomic mass is 16.5. The van der Waals surface area contributed by atoms with Crippen LogP contribution in [0.25, 0.3) is 16.3 Å². The molecular formula is C34H32N4O3. The summed E-state index contributed by atoms with van der Waals surface area (Å²) in [6.07, 6.45) is 9.23. The molecule has 7 rings (SSSR count). The summed E-state index contributed by atoms with van der Waals surface area (Å²) in [5, 5.41) is 9.93. The lowest BCUT2D eigenvalue weighted by atomic mass is 9.50. The molecule has 206 valence electrons. The number of ether oxygens (including phenoxy) is 1. The fraction of sp³-hybridized carbons (Fsp3) is 0.294. The van der Waals surface area contributed by atoms with Gasteiger partial charge in [0.1, 0.15) is 6.10 Å². The summed E-state index contributed by atoms with van der Waals surface area (Å²) in [5.41, 5.74) is 4.49. The largest absolute Gasteiger partial charge is 0.458 e. The number of rotatable bonds is 7. The van der Waals surface area contributed by atoms with Crippen molar-refractivity contribution in [3.8, 4) is 0 Å². The summed E-state index contributed by atoms with van der Waals surface area (Å²) in [6, 6.07) is 24.2. The summed E-state index contributed by atoms with van der Waals surface area (Å²) in [6.45, 7) is 1.92. The molecule has 1 spiro atoms. The molecule has 1 amide bonds. The van der Waals surface area contributed by atoms with Gasteiger partial charge in [0, 0.05) is 35.9 Å². The normalized spacial score (nSPS) is 22.2. The topological polar surface area (TPSA) is 85.6 Å². The summed E-state index contributed by atoms with van der Waals surface area (Å²) < 4.78 is 7.51. The van der Waals surface area contributed by atoms with Gasteiger partial charge in [0.15, 0.2) is 0 Å². The van der Waals surface area contributed by atoms with Gasteiger partial charge in [0.2, 0.25) is 0 Å². The van der Waals surface area contributed by atoms with Gasteiger partial charge in [-0.1, -0.05) is 60.7 Å². The van der Waals surface area contributed by atoms with Crippen molar-refractivity contribution in [3.63, 3.8) is 0 Å². The van der Waals surface area contributed by atoms with Gasteiger partial charge in [0.25, 0.3) is 5.91 Å². The maximum absolute atomic E-state index is 13.4. The molecule has 0 radical (unpaired) electrons. The molecule has 3 heterocycles. The van der Waals surface area contributed by atoms with Crippen LogP contribution in [-0.2, 0) is 16.0 Å². The van der Waals surface area contributed by atoms with Crippen molar-refractivity contribution in [2.45, 2.75) is 51.2 Å². The Morgan fingerprint density at radius 1 is 0.976 bits per heavy atom. The van der Waals surface area contributed by atoms with Crippen LogP contribution < -0.4 is 5.32 Å². The Bertz CT molecular complexity index is 1750. The van der Waals surface area contributed by atoms with Crippen molar-refractivity contribution < 1.29 is 14.3 Å². The monoisotopic (exact) mass is 544 g/mol. The molecule has 0 saturated heterocycles. The first-order valence-electron chi connectivity index (χ1n) is 14.3. The SMILES string of the molecule is CC(OC(=O)C1CC2(CC(NC(=O)c3cnn4cccc(Cc5cc6ccccc6cn5)c34)C2)C1)c1ccccc1. The number of hydrogen-bond acceptors (Lipinski definition) is 5. The van der Waals surface area contributed by atoms with Gasteiger partial charge in [-0.25, -0.2) is 4.52 Å². The van der Waals surface area contributed by atoms with Gasteiger partial charge in [-0.3, -0.25) is 14.6 Å². The maximum atomic E-state index is 13.4. The fourth-order valence-corrected chi connectivity index (χ4v) is 6.74. The lowest BCUT2D eigenvalue weighted by Gasteiger charge is -2.57. The molecule has 0 aliphatic heterocycles. The summed E-state index contributed by atoms with van der Waals surface area (Å²) in [7, 11) is 0. The fourth-order valence-electron chi connectivity index (χ4n) is 6.74. The molecule has 1 N–H and O–H groups in total. The first kappa shape index (κ1) is 25.4. The lowest BCUT2D eigenvalue weighted by molar-refractivity contribution is -0.167. The number of nitrogens with one attached hydrogen (secondary N) is 1. The van der Waals surface area contributed by atoms with Gasteiger partial charge in [0.05, 0.1) is 23.2 Å². The van der Waals surface area contributed by atoms with Crippen LogP contribution in [0.4, 0.5) is 0 Å². The Morgan fingerprint density at radius 3 is 2.54 bits per heavy atom. The molecule has 3 aromatic heterocycles. The lowest BCUT2D eigenvalue weighted by Crippen LogP contribution is -2.57. The van der Waals surface area contributed by atoms with Crippen LogP contribution in [0.15, 0.2) is 91.4 Å². The first-order valence-corrected chi connectivity index (χ1v) is 14.3. The third kappa shape index (κ3) is 4.86. The zero-order valence-corrected chi connectivity index (χ0v) is 23.0. The van der Waals surface area contributed by atoms with E-state index in [1.54, 1.807) is 10.7 Å². The van der Waals surface area contributed by atoms with Crippen LogP contribution in [0.5, 0.6) is 0 Å². The third-order valence-corrected chi connectivity index (χ3v) is 8.88. The Morgan fingerprint density at radius 2 is 1.73 bits per heavy atom. The van der Waals surface area contributed by atoms with Crippen LogP contribution in [-0.4, -0.2) is 32.5 Å². The van der Waals surface area contributed by atoms with E-state index in [0.717, 1.165) is 58.8 Å². The first-order chi connectivity index (χ1) is 20.0. The Hall–Kier alpha value is -4.52. The number of carbonyl (C=O) groups is 2. The number of pyridine rings is 2. The minimum atomic E-state index is -0.249. The predicted octanol–water partition coefficient (Wildman–Crippen LogP) is 6.07. The van der Waals surface area contributed by atoms with Crippen molar-refractivity contribution in [1.82, 2.24) is 19.9 Å². The smallest absolute Gasteiger partial charge is 0.309 e. The van der Waals surface area contributed by atoms with Gasteiger partial charge in [-0.05, 0) is 66.7 Å². The number of benzene rings is 2. The molecule has 2 aliphatic carbocycles. The Labute approximate surface area is 238 Å². The van der Waals surface area contributed by atoms with Crippen LogP contribution in [0, 0.1) is 11.3 Å². The highest BCUT2D eigenvalue weighted by molar-refractivity contribution is 6.01. The summed E-state index contributed by atoms with van der Waals surface area (Å²) in [4.78, 5) is 30.7. The van der Waals surface area contributed by atoms with Gasteiger partial charge in [-0.2, -0.15) is 5.10 Å². The molecule has 2 saturated carbocycles. The molecule has 41 heavy (non-hydrogen) atoms. The molecule has 2 aliphatic rings. The zero-order valence-electron chi connectivity index (χ0n) is 23.0. The number of aromatic nitrogens is 3. The van der Waals surface area contributed by atoms with Crippen molar-refractivity contribution in [2.75, 3.05) is 0 Å². The van der Waals surface area contributed by atoms with E-state index in [0.29, 0.717) is 12.0 Å². The second-order valence-electron chi connectivity index (χ2n) is 11.8. The summed E-state index contributed by atoms with van der Waals surface area (Å²) in [5.74, 6) is -0.270. The van der Waals surface area contributed by atoms with E-state index in [-0.39, 0.29) is 35.4 Å². The number of esters is 1. The molecule has 1 unspecified atom stereocenters. The molecule has 2 fully saturated rings. The quantitative estimate of drug-likeness (QED) is 0.252. The second kappa shape index (κ2) is 10.1. The average molecular weight is 545 g/mol. The average Bonchev–Trinajstić information content (AvgIpc) is 3.39. The highest BCUT2D eigenvalue weighted by Gasteiger charge is 2.55. The van der Waals surface area contributed by atoms with Crippen molar-refractivity contribution in [3.05, 3.63) is 114 Å². The number of carbonyl (C=O) groups excluding carboxylic acids is 2. The molecular weight excluding hydrogens is 512 g/mol. The highest BCUT2D eigenvalue weighted by Crippen LogP contribution is 2.59. The van der Waals surface area contributed by atoms with Crippen LogP contribution in [0.2, 0.25) is 0 Å². The van der Waals surface area contributed by atoms with Crippen LogP contribution in [0.3, 0.4) is 0 Å². The summed E-state index contributed by atoms with van der Waals surface area (Å²) >= 11 is 0. The molecule has 0 bridgehead atoms. The van der Waals surface area contributed by atoms with E-state index in [1.165, 1.54) is 0 Å². The van der Waals surface area contributed by atoms with Crippen molar-refractivity contribution in [2.24, 2.45) is 11.3 Å². The van der Waals surface area contributed by atoms with Crippen LogP contribution >= 0.6 is 0 Å². The van der Waals surface area contributed by atoms with E-state index < -0.39 is 0 Å². The van der Waals surface area contributed by atoms with Gasteiger partial charge >= 0.3 is 5.97 Å². The van der Waals surface area contributed by atoms with E-state index in [2.05, 4.69) is 33.6 Å². The second-order valence-corrected chi connectivity index (χ2v) is 11.8. The number of nitrogens with zero attached hydrogens (tertiary/aromatic N) is 3. The standard InChI is InChI=1S/C34H32N4O3/c1-22(23-8-3-2-4-9-23)41-33(40)27-16-34(17-27)18-29(19-34)37-32(39)30-21-36-38-13-7-12-25(31(30)38)15-28-14-24-10-5-6-11-26(24)20-35-28/h2-14,20-22,27,29H,15-19H2,1H3,(H,37,39). The third-order valence-electron chi connectivity index (χ3n) is 8.88. The molecule has 7 nitrogen and oxygen atoms in total. The molecule has 5 aromatic rings. The number of amides is 1. The van der Waals surface area contributed by atoms with E-state index in [4.69, 9.17) is 4.74 Å². The molecule has 7 heteroatoms. The number of hydrogen-bond donors (Lipinski definition) is 1. The van der Waals surface area contributed by atoms with Crippen LogP contribution in [0.1, 0.15) is 65.9 Å². The Kier molecular flexibility index (Phi) is 6.30. The van der Waals surface area contributed by atoms with E-state index >= 15 is 0 Å². The van der Waals surface area contributed by atoms with Crippen molar-refractivity contribution in [1.29, 1.82) is 0 Å². The molecule has 2 aromatic carbocycles. The van der Waals surface area contributed by atoms with E-state index in [9.17, 15) is 9.59 Å². The molecule has 1 atom stereocenters. The van der Waals surface area contributed by atoms with Gasteiger partial charge in [-0.15, -0.1) is 0 Å².